The maximum absolute atomic E-state index is 12.2. The number of ether oxygens (including phenoxy) is 2. The van der Waals surface area contributed by atoms with Gasteiger partial charge in [0.2, 0.25) is 5.91 Å². The van der Waals surface area contributed by atoms with Gasteiger partial charge in [-0.05, 0) is 51.0 Å². The first-order valence-electron chi connectivity index (χ1n) is 9.15. The number of thioether (sulfide) groups is 1. The summed E-state index contributed by atoms with van der Waals surface area (Å²) < 4.78 is 48.2. The number of hydrogen-bond donors (Lipinski definition) is 1. The Balaban J connectivity index is 1.56. The fourth-order valence-corrected chi connectivity index (χ4v) is 3.91. The minimum Gasteiger partial charge on any atom is -0.406 e. The number of benzene rings is 1. The van der Waals surface area contributed by atoms with Gasteiger partial charge in [0, 0.05) is 18.0 Å². The van der Waals surface area contributed by atoms with E-state index in [2.05, 4.69) is 19.6 Å². The molecule has 29 heavy (non-hydrogen) atoms. The van der Waals surface area contributed by atoms with E-state index in [0.29, 0.717) is 12.2 Å². The predicted octanol–water partition coefficient (Wildman–Crippen LogP) is 4.31. The van der Waals surface area contributed by atoms with Crippen LogP contribution in [0.3, 0.4) is 0 Å². The van der Waals surface area contributed by atoms with Crippen LogP contribution in [0.2, 0.25) is 0 Å². The third-order valence-electron chi connectivity index (χ3n) is 4.54. The predicted molar refractivity (Wildman–Crippen MR) is 103 cm³/mol. The molecule has 1 aliphatic rings. The van der Waals surface area contributed by atoms with E-state index in [9.17, 15) is 18.0 Å². The third kappa shape index (κ3) is 6.14. The van der Waals surface area contributed by atoms with Crippen LogP contribution in [0.1, 0.15) is 24.2 Å². The molecule has 1 amide bonds. The molecule has 6 nitrogen and oxygen atoms in total. The zero-order chi connectivity index (χ0) is 21.0. The van der Waals surface area contributed by atoms with E-state index >= 15 is 0 Å². The molecule has 0 bridgehead atoms. The summed E-state index contributed by atoms with van der Waals surface area (Å²) in [4.78, 5) is 16.8. The topological polar surface area (TPSA) is 65.4 Å². The highest BCUT2D eigenvalue weighted by atomic mass is 32.2. The van der Waals surface area contributed by atoms with Crippen molar-refractivity contribution in [2.24, 2.45) is 0 Å². The number of carbonyl (C=O) groups is 1. The number of aryl methyl sites for hydroxylation is 1. The van der Waals surface area contributed by atoms with Crippen LogP contribution < -0.4 is 10.1 Å². The summed E-state index contributed by atoms with van der Waals surface area (Å²) in [5.74, 6) is -0.490. The molecule has 1 atom stereocenters. The lowest BCUT2D eigenvalue weighted by Gasteiger charge is -2.14. The molecule has 0 spiro atoms. The maximum Gasteiger partial charge on any atom is 0.573 e. The Kier molecular flexibility index (Phi) is 6.74. The molecule has 1 aromatic carbocycles. The summed E-state index contributed by atoms with van der Waals surface area (Å²) in [6.45, 7) is 5.40. The van der Waals surface area contributed by atoms with Gasteiger partial charge in [-0.3, -0.25) is 4.79 Å². The van der Waals surface area contributed by atoms with E-state index in [1.807, 2.05) is 13.8 Å². The number of rotatable bonds is 7. The minimum atomic E-state index is -4.75. The number of imidazole rings is 1. The molecule has 0 aliphatic carbocycles. The summed E-state index contributed by atoms with van der Waals surface area (Å²) in [7, 11) is 0. The van der Waals surface area contributed by atoms with Crippen molar-refractivity contribution in [3.63, 3.8) is 0 Å². The third-order valence-corrected chi connectivity index (χ3v) is 5.51. The first-order chi connectivity index (χ1) is 13.7. The molecule has 0 radical (unpaired) electrons. The van der Waals surface area contributed by atoms with Crippen LogP contribution in [0.4, 0.5) is 18.9 Å². The molecule has 1 N–H and O–H groups in total. The number of nitrogens with one attached hydrogen (secondary N) is 1. The summed E-state index contributed by atoms with van der Waals surface area (Å²) in [5, 5.41) is 3.41. The Morgan fingerprint density at radius 2 is 2.07 bits per heavy atom. The lowest BCUT2D eigenvalue weighted by molar-refractivity contribution is -0.274. The highest BCUT2D eigenvalue weighted by Crippen LogP contribution is 2.26. The number of halogens is 3. The monoisotopic (exact) mass is 429 g/mol. The van der Waals surface area contributed by atoms with Gasteiger partial charge in [0.15, 0.2) is 5.16 Å². The van der Waals surface area contributed by atoms with Crippen LogP contribution in [0, 0.1) is 13.8 Å². The lowest BCUT2D eigenvalue weighted by atomic mass is 10.2. The van der Waals surface area contributed by atoms with Crippen molar-refractivity contribution in [1.82, 2.24) is 9.55 Å². The maximum atomic E-state index is 12.2. The molecule has 3 rings (SSSR count). The molecular formula is C19H22F3N3O3S. The van der Waals surface area contributed by atoms with Crippen LogP contribution in [0.5, 0.6) is 5.75 Å². The first-order valence-corrected chi connectivity index (χ1v) is 10.1. The van der Waals surface area contributed by atoms with Gasteiger partial charge in [0.25, 0.3) is 0 Å². The standard InChI is InChI=1S/C19H22F3N3O3S/c1-12-13(2)25(10-16-4-3-9-27-16)18(23-12)29-11-17(26)24-14-5-7-15(8-6-14)28-19(20,21)22/h5-8,16H,3-4,9-11H2,1-2H3,(H,24,26). The Morgan fingerprint density at radius 3 is 2.69 bits per heavy atom. The van der Waals surface area contributed by atoms with Gasteiger partial charge in [-0.25, -0.2) is 4.98 Å². The van der Waals surface area contributed by atoms with Gasteiger partial charge in [-0.15, -0.1) is 13.2 Å². The van der Waals surface area contributed by atoms with E-state index < -0.39 is 6.36 Å². The molecule has 2 aromatic rings. The normalized spacial score (nSPS) is 16.8. The average molecular weight is 429 g/mol. The second kappa shape index (κ2) is 9.08. The molecule has 2 heterocycles. The summed E-state index contributed by atoms with van der Waals surface area (Å²) in [6.07, 6.45) is -2.53. The second-order valence-electron chi connectivity index (χ2n) is 6.72. The first kappa shape index (κ1) is 21.5. The lowest BCUT2D eigenvalue weighted by Crippen LogP contribution is -2.18. The van der Waals surface area contributed by atoms with E-state index in [4.69, 9.17) is 4.74 Å². The molecule has 10 heteroatoms. The van der Waals surface area contributed by atoms with Crippen LogP contribution in [0.25, 0.3) is 0 Å². The van der Waals surface area contributed by atoms with Crippen molar-refractivity contribution in [2.45, 2.75) is 50.9 Å². The van der Waals surface area contributed by atoms with Gasteiger partial charge >= 0.3 is 6.36 Å². The zero-order valence-electron chi connectivity index (χ0n) is 16.1. The van der Waals surface area contributed by atoms with Crippen LogP contribution in [0.15, 0.2) is 29.4 Å². The SMILES string of the molecule is Cc1nc(SCC(=O)Nc2ccc(OC(F)(F)F)cc2)n(CC2CCCO2)c1C. The number of carbonyl (C=O) groups excluding carboxylic acids is 1. The average Bonchev–Trinajstić information content (AvgIpc) is 3.24. The molecular weight excluding hydrogens is 407 g/mol. The van der Waals surface area contributed by atoms with Crippen LogP contribution >= 0.6 is 11.8 Å². The van der Waals surface area contributed by atoms with Gasteiger partial charge in [0.1, 0.15) is 5.75 Å². The molecule has 1 aliphatic heterocycles. The summed E-state index contributed by atoms with van der Waals surface area (Å²) in [6, 6.07) is 5.02. The number of aromatic nitrogens is 2. The Hall–Kier alpha value is -2.20. The highest BCUT2D eigenvalue weighted by molar-refractivity contribution is 7.99. The van der Waals surface area contributed by atoms with Crippen molar-refractivity contribution in [3.8, 4) is 5.75 Å². The molecule has 1 aromatic heterocycles. The Morgan fingerprint density at radius 1 is 1.34 bits per heavy atom. The fourth-order valence-electron chi connectivity index (χ4n) is 3.01. The highest BCUT2D eigenvalue weighted by Gasteiger charge is 2.31. The largest absolute Gasteiger partial charge is 0.573 e. The quantitative estimate of drug-likeness (QED) is 0.665. The molecule has 1 fully saturated rings. The minimum absolute atomic E-state index is 0.127. The van der Waals surface area contributed by atoms with Gasteiger partial charge in [-0.1, -0.05) is 11.8 Å². The van der Waals surface area contributed by atoms with Crippen LogP contribution in [-0.2, 0) is 16.1 Å². The van der Waals surface area contributed by atoms with E-state index in [1.54, 1.807) is 0 Å². The van der Waals surface area contributed by atoms with Gasteiger partial charge < -0.3 is 19.4 Å². The van der Waals surface area contributed by atoms with Crippen molar-refractivity contribution in [1.29, 1.82) is 0 Å². The number of anilines is 1. The molecule has 1 saturated heterocycles. The Labute approximate surface area is 170 Å². The van der Waals surface area contributed by atoms with E-state index in [0.717, 1.165) is 48.1 Å². The Bertz CT molecular complexity index is 847. The zero-order valence-corrected chi connectivity index (χ0v) is 16.9. The van der Waals surface area contributed by atoms with E-state index in [1.165, 1.54) is 23.9 Å². The van der Waals surface area contributed by atoms with Crippen LogP contribution in [-0.4, -0.2) is 40.3 Å². The summed E-state index contributed by atoms with van der Waals surface area (Å²) >= 11 is 1.31. The fraction of sp³-hybridized carbons (Fsp3) is 0.474. The van der Waals surface area contributed by atoms with E-state index in [-0.39, 0.29) is 23.5 Å². The number of nitrogens with zero attached hydrogens (tertiary/aromatic N) is 2. The molecule has 1 unspecified atom stereocenters. The summed E-state index contributed by atoms with van der Waals surface area (Å²) in [5.41, 5.74) is 2.34. The molecule has 158 valence electrons. The van der Waals surface area contributed by atoms with Crippen molar-refractivity contribution in [2.75, 3.05) is 17.7 Å². The number of alkyl halides is 3. The number of amides is 1. The van der Waals surface area contributed by atoms with Crippen molar-refractivity contribution in [3.05, 3.63) is 35.7 Å². The second-order valence-corrected chi connectivity index (χ2v) is 7.66. The smallest absolute Gasteiger partial charge is 0.406 e. The van der Waals surface area contributed by atoms with Crippen molar-refractivity contribution < 1.29 is 27.4 Å². The van der Waals surface area contributed by atoms with Gasteiger partial charge in [-0.2, -0.15) is 0 Å². The number of hydrogen-bond acceptors (Lipinski definition) is 5. The van der Waals surface area contributed by atoms with Crippen molar-refractivity contribution >= 4 is 23.4 Å². The molecule has 0 saturated carbocycles. The van der Waals surface area contributed by atoms with Gasteiger partial charge in [0.05, 0.1) is 24.1 Å².